The van der Waals surface area contributed by atoms with Gasteiger partial charge in [0.1, 0.15) is 73.2 Å². The second-order valence-corrected chi connectivity index (χ2v) is 25.0. The van der Waals surface area contributed by atoms with Gasteiger partial charge in [0.2, 0.25) is 5.91 Å². The predicted molar refractivity (Wildman–Crippen MR) is 333 cm³/mol. The number of carbonyl (C=O) groups excluding carboxylic acids is 1. The van der Waals surface area contributed by atoms with E-state index in [1.165, 1.54) is 186 Å². The number of amides is 1. The number of rotatable bonds is 53. The second-order valence-electron chi connectivity index (χ2n) is 25.0. The average Bonchev–Trinajstić information content (AvgIpc) is 2.80. The van der Waals surface area contributed by atoms with Crippen molar-refractivity contribution >= 4 is 5.91 Å². The number of hydrogen-bond acceptors (Lipinski definition) is 18. The van der Waals surface area contributed by atoms with Gasteiger partial charge >= 0.3 is 0 Å². The van der Waals surface area contributed by atoms with Gasteiger partial charge in [-0.25, -0.2) is 0 Å². The molecule has 3 aliphatic rings. The highest BCUT2D eigenvalue weighted by Crippen LogP contribution is 2.33. The summed E-state index contributed by atoms with van der Waals surface area (Å²) in [6.45, 7) is 1.75. The van der Waals surface area contributed by atoms with Crippen LogP contribution in [0.1, 0.15) is 264 Å². The monoisotopic (exact) mass is 1230 g/mol. The first kappa shape index (κ1) is 78.5. The van der Waals surface area contributed by atoms with Crippen LogP contribution in [0.25, 0.3) is 0 Å². The van der Waals surface area contributed by atoms with Crippen molar-refractivity contribution in [2.75, 3.05) is 26.4 Å². The fourth-order valence-electron chi connectivity index (χ4n) is 11.8. The molecular weight excluding hydrogens is 1110 g/mol. The molecule has 12 N–H and O–H groups in total. The highest BCUT2D eigenvalue weighted by molar-refractivity contribution is 5.76. The number of aliphatic hydroxyl groups is 11. The molecule has 17 unspecified atom stereocenters. The van der Waals surface area contributed by atoms with Gasteiger partial charge in [0.25, 0.3) is 0 Å². The van der Waals surface area contributed by atoms with Crippen molar-refractivity contribution in [1.82, 2.24) is 5.32 Å². The van der Waals surface area contributed by atoms with Gasteiger partial charge in [-0.05, 0) is 44.9 Å². The lowest BCUT2D eigenvalue weighted by molar-refractivity contribution is -0.379. The summed E-state index contributed by atoms with van der Waals surface area (Å²) in [5.41, 5.74) is 0. The predicted octanol–water partition coefficient (Wildman–Crippen LogP) is 8.66. The molecule has 19 nitrogen and oxygen atoms in total. The quantitative estimate of drug-likeness (QED) is 0.0200. The highest BCUT2D eigenvalue weighted by atomic mass is 16.8. The van der Waals surface area contributed by atoms with E-state index in [4.69, 9.17) is 28.4 Å². The van der Waals surface area contributed by atoms with Crippen LogP contribution in [0.4, 0.5) is 0 Å². The van der Waals surface area contributed by atoms with Crippen molar-refractivity contribution in [3.8, 4) is 0 Å². The third kappa shape index (κ3) is 32.0. The minimum absolute atomic E-state index is 0.243. The Kier molecular flexibility index (Phi) is 45.6. The molecule has 3 rings (SSSR count). The van der Waals surface area contributed by atoms with Gasteiger partial charge in [-0.1, -0.05) is 237 Å². The lowest BCUT2D eigenvalue weighted by atomic mass is 9.96. The molecule has 17 atom stereocenters. The topological polar surface area (TPSA) is 307 Å². The number of hydrogen-bond donors (Lipinski definition) is 12. The van der Waals surface area contributed by atoms with Gasteiger partial charge in [0, 0.05) is 6.42 Å². The summed E-state index contributed by atoms with van der Waals surface area (Å²) in [5, 5.41) is 120. The molecule has 0 aromatic rings. The molecule has 0 saturated carbocycles. The van der Waals surface area contributed by atoms with E-state index < -0.39 is 124 Å². The summed E-state index contributed by atoms with van der Waals surface area (Å²) in [5.74, 6) is -0.275. The van der Waals surface area contributed by atoms with E-state index in [1.807, 2.05) is 6.08 Å². The highest BCUT2D eigenvalue weighted by Gasteiger charge is 2.53. The minimum atomic E-state index is -1.98. The maximum Gasteiger partial charge on any atom is 0.220 e. The second kappa shape index (κ2) is 49.9. The summed E-state index contributed by atoms with van der Waals surface area (Å²) in [6.07, 6.45) is 28.6. The van der Waals surface area contributed by atoms with Gasteiger partial charge < -0.3 is 89.9 Å². The summed E-state index contributed by atoms with van der Waals surface area (Å²) >= 11 is 0. The Morgan fingerprint density at radius 2 is 0.733 bits per heavy atom. The molecule has 506 valence electrons. The van der Waals surface area contributed by atoms with Crippen molar-refractivity contribution in [1.29, 1.82) is 0 Å². The number of unbranched alkanes of at least 4 members (excludes halogenated alkanes) is 35. The first-order chi connectivity index (χ1) is 41.8. The summed E-state index contributed by atoms with van der Waals surface area (Å²) in [4.78, 5) is 13.4. The molecule has 3 saturated heterocycles. The molecule has 3 fully saturated rings. The molecule has 0 aromatic carbocycles. The fraction of sp³-hybridized carbons (Fsp3) is 0.925. The smallest absolute Gasteiger partial charge is 0.220 e. The van der Waals surface area contributed by atoms with Crippen molar-refractivity contribution < 1.29 is 89.4 Å². The van der Waals surface area contributed by atoms with Crippen LogP contribution in [0, 0.1) is 0 Å². The molecule has 3 heterocycles. The first-order valence-corrected chi connectivity index (χ1v) is 34.6. The van der Waals surface area contributed by atoms with Crippen LogP contribution in [0.3, 0.4) is 0 Å². The number of ether oxygens (including phenoxy) is 6. The van der Waals surface area contributed by atoms with Crippen molar-refractivity contribution in [3.63, 3.8) is 0 Å². The van der Waals surface area contributed by atoms with Gasteiger partial charge in [-0.3, -0.25) is 4.79 Å². The summed E-state index contributed by atoms with van der Waals surface area (Å²) in [6, 6.07) is -0.972. The van der Waals surface area contributed by atoms with Gasteiger partial charge in [-0.15, -0.1) is 0 Å². The van der Waals surface area contributed by atoms with Crippen molar-refractivity contribution in [2.45, 2.75) is 369 Å². The third-order valence-electron chi connectivity index (χ3n) is 17.5. The zero-order valence-electron chi connectivity index (χ0n) is 53.3. The van der Waals surface area contributed by atoms with Crippen LogP contribution in [0.15, 0.2) is 24.3 Å². The Hall–Kier alpha value is -1.73. The van der Waals surface area contributed by atoms with Gasteiger partial charge in [-0.2, -0.15) is 0 Å². The Bertz CT molecular complexity index is 1660. The fourth-order valence-corrected chi connectivity index (χ4v) is 11.8. The van der Waals surface area contributed by atoms with E-state index in [0.29, 0.717) is 6.42 Å². The maximum absolute atomic E-state index is 13.4. The SMILES string of the molecule is CCCCCCCC/C=C\CCCCCCCCCCCC(=O)NC(COC1OC(CO)C(OC2OC(CO)C(OC3OC(CO)C(O)C(O)C3O)C(O)C2O)C(O)C1O)C(O)/C=C/CCCCCCCCCCCCCCCCCCCCCC. The van der Waals surface area contributed by atoms with Crippen LogP contribution in [0.5, 0.6) is 0 Å². The summed E-state index contributed by atoms with van der Waals surface area (Å²) in [7, 11) is 0. The Labute approximate surface area is 518 Å². The molecule has 0 radical (unpaired) electrons. The average molecular weight is 1230 g/mol. The summed E-state index contributed by atoms with van der Waals surface area (Å²) < 4.78 is 34.4. The van der Waals surface area contributed by atoms with E-state index in [-0.39, 0.29) is 18.9 Å². The molecule has 0 bridgehead atoms. The molecule has 19 heteroatoms. The van der Waals surface area contributed by atoms with Gasteiger partial charge in [0.05, 0.1) is 38.6 Å². The van der Waals surface area contributed by atoms with E-state index >= 15 is 0 Å². The molecule has 0 aromatic heterocycles. The van der Waals surface area contributed by atoms with Crippen LogP contribution >= 0.6 is 0 Å². The molecular formula is C67H125NO18. The van der Waals surface area contributed by atoms with Crippen molar-refractivity contribution in [2.24, 2.45) is 0 Å². The Morgan fingerprint density at radius 3 is 1.13 bits per heavy atom. The van der Waals surface area contributed by atoms with Gasteiger partial charge in [0.15, 0.2) is 18.9 Å². The van der Waals surface area contributed by atoms with E-state index in [0.717, 1.165) is 51.4 Å². The molecule has 1 amide bonds. The van der Waals surface area contributed by atoms with Crippen LogP contribution in [-0.2, 0) is 33.2 Å². The Balaban J connectivity index is 1.45. The number of nitrogens with one attached hydrogen (secondary N) is 1. The van der Waals surface area contributed by atoms with E-state index in [9.17, 15) is 61.0 Å². The zero-order chi connectivity index (χ0) is 62.6. The molecule has 0 aliphatic carbocycles. The minimum Gasteiger partial charge on any atom is -0.394 e. The van der Waals surface area contributed by atoms with Crippen LogP contribution in [-0.4, -0.2) is 193 Å². The van der Waals surface area contributed by atoms with Crippen LogP contribution in [0.2, 0.25) is 0 Å². The number of aliphatic hydroxyl groups excluding tert-OH is 11. The maximum atomic E-state index is 13.4. The lowest BCUT2D eigenvalue weighted by Crippen LogP contribution is -2.66. The largest absolute Gasteiger partial charge is 0.394 e. The lowest BCUT2D eigenvalue weighted by Gasteiger charge is -2.48. The standard InChI is InChI=1S/C67H125NO18/c1-3-5-7-9-11-13-15-17-19-21-23-24-25-27-28-30-32-34-36-38-40-42-44-51(72)50(68-55(73)45-43-41-39-37-35-33-31-29-26-22-20-18-16-14-12-10-8-6-4-2)49-81-65-61(79)58(76)63(53(47-70)83-65)86-67-62(80)59(77)64(54(48-71)84-67)85-66-60(78)57(75)56(74)52(46-69)82-66/h18,20,42,44,50-54,56-67,69-72,74-80H,3-17,19,21-41,43,45-49H2,1-2H3,(H,68,73)/b20-18-,44-42+. The number of allylic oxidation sites excluding steroid dienone is 3. The molecule has 3 aliphatic heterocycles. The zero-order valence-corrected chi connectivity index (χ0v) is 53.3. The third-order valence-corrected chi connectivity index (χ3v) is 17.5. The van der Waals surface area contributed by atoms with Crippen molar-refractivity contribution in [3.05, 3.63) is 24.3 Å². The molecule has 86 heavy (non-hydrogen) atoms. The Morgan fingerprint density at radius 1 is 0.407 bits per heavy atom. The number of carbonyl (C=O) groups is 1. The van der Waals surface area contributed by atoms with E-state index in [1.54, 1.807) is 6.08 Å². The first-order valence-electron chi connectivity index (χ1n) is 34.6. The normalized spacial score (nSPS) is 28.9. The van der Waals surface area contributed by atoms with Crippen LogP contribution < -0.4 is 5.32 Å². The van der Waals surface area contributed by atoms with E-state index in [2.05, 4.69) is 31.3 Å². The molecule has 0 spiro atoms.